The first-order chi connectivity index (χ1) is 18.3. The standard InChI is InChI=1S/C27H25FN6O3S/c28-17-8-10-19(11-9-17)34(27(37)24-21(29)22(25(30)35)33-38-24)23(26(36)32-18-5-1-2-6-18)16-7-12-20-15(14-16)4-3-13-31-20/h3-4,7-14,18,23H,1-2,5-6,29H2,(H2,30,35)(H,32,36)/t23-/m1/s1. The number of nitrogen functional groups attached to an aromatic ring is 1. The highest BCUT2D eigenvalue weighted by Crippen LogP contribution is 2.34. The van der Waals surface area contributed by atoms with Crippen LogP contribution in [-0.4, -0.2) is 33.1 Å². The number of nitrogens with zero attached hydrogens (tertiary/aromatic N) is 3. The summed E-state index contributed by atoms with van der Waals surface area (Å²) >= 11 is 0.716. The Balaban J connectivity index is 1.67. The van der Waals surface area contributed by atoms with E-state index in [0.29, 0.717) is 17.1 Å². The van der Waals surface area contributed by atoms with Crippen LogP contribution in [0.1, 0.15) is 57.4 Å². The fraction of sp³-hybridized carbons (Fsp3) is 0.222. The molecule has 9 nitrogen and oxygen atoms in total. The van der Waals surface area contributed by atoms with Crippen LogP contribution in [0.5, 0.6) is 0 Å². The van der Waals surface area contributed by atoms with Crippen molar-refractivity contribution in [2.45, 2.75) is 37.8 Å². The summed E-state index contributed by atoms with van der Waals surface area (Å²) < 4.78 is 17.8. The lowest BCUT2D eigenvalue weighted by Crippen LogP contribution is -2.46. The van der Waals surface area contributed by atoms with Crippen LogP contribution < -0.4 is 21.7 Å². The van der Waals surface area contributed by atoms with E-state index >= 15 is 0 Å². The molecule has 38 heavy (non-hydrogen) atoms. The monoisotopic (exact) mass is 532 g/mol. The Morgan fingerprint density at radius 1 is 1.08 bits per heavy atom. The van der Waals surface area contributed by atoms with Gasteiger partial charge < -0.3 is 16.8 Å². The number of nitrogens with two attached hydrogens (primary N) is 2. The molecule has 3 amide bonds. The van der Waals surface area contributed by atoms with Crippen molar-refractivity contribution >= 4 is 51.5 Å². The van der Waals surface area contributed by atoms with E-state index in [1.807, 2.05) is 6.07 Å². The molecular formula is C27H25FN6O3S. The Kier molecular flexibility index (Phi) is 7.01. The maximum Gasteiger partial charge on any atom is 0.273 e. The van der Waals surface area contributed by atoms with Crippen molar-refractivity contribution < 1.29 is 18.8 Å². The highest BCUT2D eigenvalue weighted by Gasteiger charge is 2.37. The van der Waals surface area contributed by atoms with Gasteiger partial charge in [-0.1, -0.05) is 25.0 Å². The van der Waals surface area contributed by atoms with Gasteiger partial charge >= 0.3 is 0 Å². The van der Waals surface area contributed by atoms with Crippen molar-refractivity contribution in [3.8, 4) is 0 Å². The lowest BCUT2D eigenvalue weighted by molar-refractivity contribution is -0.123. The number of rotatable bonds is 7. The molecule has 4 aromatic rings. The number of amides is 3. The Hall–Kier alpha value is -4.38. The number of carbonyl (C=O) groups is 3. The highest BCUT2D eigenvalue weighted by molar-refractivity contribution is 7.09. The number of primary amides is 1. The van der Waals surface area contributed by atoms with Gasteiger partial charge in [0, 0.05) is 23.3 Å². The molecular weight excluding hydrogens is 507 g/mol. The summed E-state index contributed by atoms with van der Waals surface area (Å²) in [4.78, 5) is 45.3. The van der Waals surface area contributed by atoms with E-state index in [1.165, 1.54) is 29.2 Å². The minimum absolute atomic E-state index is 0.0211. The van der Waals surface area contributed by atoms with Crippen molar-refractivity contribution in [1.29, 1.82) is 0 Å². The van der Waals surface area contributed by atoms with Gasteiger partial charge in [0.2, 0.25) is 5.91 Å². The van der Waals surface area contributed by atoms with E-state index in [0.717, 1.165) is 36.6 Å². The molecule has 1 fully saturated rings. The van der Waals surface area contributed by atoms with Gasteiger partial charge in [-0.2, -0.15) is 4.37 Å². The van der Waals surface area contributed by atoms with Gasteiger partial charge in [-0.3, -0.25) is 24.3 Å². The van der Waals surface area contributed by atoms with Gasteiger partial charge in [-0.05, 0) is 72.4 Å². The number of nitrogens with one attached hydrogen (secondary N) is 1. The van der Waals surface area contributed by atoms with E-state index in [2.05, 4.69) is 14.7 Å². The minimum atomic E-state index is -1.14. The third-order valence-electron chi connectivity index (χ3n) is 6.63. The minimum Gasteiger partial charge on any atom is -0.395 e. The topological polar surface area (TPSA) is 144 Å². The van der Waals surface area contributed by atoms with Crippen LogP contribution >= 0.6 is 11.5 Å². The molecule has 2 heterocycles. The second-order valence-corrected chi connectivity index (χ2v) is 9.91. The van der Waals surface area contributed by atoms with Crippen LogP contribution in [0, 0.1) is 5.82 Å². The van der Waals surface area contributed by atoms with Gasteiger partial charge in [0.25, 0.3) is 11.8 Å². The Morgan fingerprint density at radius 3 is 2.50 bits per heavy atom. The van der Waals surface area contributed by atoms with Crippen molar-refractivity contribution in [3.05, 3.63) is 82.7 Å². The molecule has 0 aliphatic heterocycles. The number of benzene rings is 2. The molecule has 0 saturated heterocycles. The third-order valence-corrected chi connectivity index (χ3v) is 7.48. The molecule has 5 N–H and O–H groups in total. The number of hydrogen-bond donors (Lipinski definition) is 3. The second kappa shape index (κ2) is 10.5. The zero-order valence-corrected chi connectivity index (χ0v) is 21.1. The van der Waals surface area contributed by atoms with Crippen LogP contribution in [0.15, 0.2) is 60.8 Å². The molecule has 1 saturated carbocycles. The van der Waals surface area contributed by atoms with E-state index in [1.54, 1.807) is 30.5 Å². The molecule has 0 radical (unpaired) electrons. The first-order valence-corrected chi connectivity index (χ1v) is 12.9. The van der Waals surface area contributed by atoms with Gasteiger partial charge in [-0.15, -0.1) is 0 Å². The summed E-state index contributed by atoms with van der Waals surface area (Å²) in [5.74, 6) is -2.44. The predicted octanol–water partition coefficient (Wildman–Crippen LogP) is 3.96. The summed E-state index contributed by atoms with van der Waals surface area (Å²) in [6.07, 6.45) is 5.36. The Labute approximate surface area is 221 Å². The van der Waals surface area contributed by atoms with Gasteiger partial charge in [0.05, 0.1) is 11.2 Å². The maximum absolute atomic E-state index is 14.1. The quantitative estimate of drug-likeness (QED) is 0.329. The molecule has 194 valence electrons. The summed E-state index contributed by atoms with van der Waals surface area (Å²) in [5, 5.41) is 3.87. The number of carbonyl (C=O) groups excluding carboxylic acids is 3. The van der Waals surface area contributed by atoms with Crippen molar-refractivity contribution in [2.24, 2.45) is 5.73 Å². The molecule has 1 aliphatic rings. The van der Waals surface area contributed by atoms with E-state index < -0.39 is 29.6 Å². The van der Waals surface area contributed by atoms with Crippen LogP contribution in [0.25, 0.3) is 10.9 Å². The third kappa shape index (κ3) is 4.92. The zero-order chi connectivity index (χ0) is 26.8. The fourth-order valence-corrected chi connectivity index (χ4v) is 5.50. The number of pyridine rings is 1. The predicted molar refractivity (Wildman–Crippen MR) is 143 cm³/mol. The van der Waals surface area contributed by atoms with Gasteiger partial charge in [-0.25, -0.2) is 4.39 Å². The molecule has 5 rings (SSSR count). The lowest BCUT2D eigenvalue weighted by Gasteiger charge is -2.32. The number of aromatic nitrogens is 2. The summed E-state index contributed by atoms with van der Waals surface area (Å²) in [6.45, 7) is 0. The van der Waals surface area contributed by atoms with Crippen LogP contribution in [0.2, 0.25) is 0 Å². The number of halogens is 1. The van der Waals surface area contributed by atoms with Crippen molar-refractivity contribution in [3.63, 3.8) is 0 Å². The number of fused-ring (bicyclic) bond motifs is 1. The molecule has 1 atom stereocenters. The van der Waals surface area contributed by atoms with E-state index in [-0.39, 0.29) is 28.0 Å². The van der Waals surface area contributed by atoms with E-state index in [9.17, 15) is 18.8 Å². The number of hydrogen-bond acceptors (Lipinski definition) is 7. The van der Waals surface area contributed by atoms with E-state index in [4.69, 9.17) is 11.5 Å². The first kappa shape index (κ1) is 25.3. The smallest absolute Gasteiger partial charge is 0.273 e. The molecule has 11 heteroatoms. The van der Waals surface area contributed by atoms with Crippen molar-refractivity contribution in [1.82, 2.24) is 14.7 Å². The normalized spacial score (nSPS) is 14.3. The maximum atomic E-state index is 14.1. The molecule has 1 aliphatic carbocycles. The second-order valence-electron chi connectivity index (χ2n) is 9.14. The summed E-state index contributed by atoms with van der Waals surface area (Å²) in [5.41, 5.74) is 12.6. The van der Waals surface area contributed by atoms with Crippen LogP contribution in [0.3, 0.4) is 0 Å². The van der Waals surface area contributed by atoms with Crippen molar-refractivity contribution in [2.75, 3.05) is 10.6 Å². The average Bonchev–Trinajstić information content (AvgIpc) is 3.56. The van der Waals surface area contributed by atoms with Crippen LogP contribution in [0.4, 0.5) is 15.8 Å². The fourth-order valence-electron chi connectivity index (χ4n) is 4.76. The molecule has 2 aromatic carbocycles. The Bertz CT molecular complexity index is 1520. The summed E-state index contributed by atoms with van der Waals surface area (Å²) in [7, 11) is 0. The molecule has 0 spiro atoms. The molecule has 0 unspecified atom stereocenters. The zero-order valence-electron chi connectivity index (χ0n) is 20.3. The SMILES string of the molecule is NC(=O)c1nsc(C(=O)N(c2ccc(F)cc2)[C@@H](C(=O)NC2CCCC2)c2ccc3ncccc3c2)c1N. The van der Waals surface area contributed by atoms with Gasteiger partial charge in [0.15, 0.2) is 5.69 Å². The van der Waals surface area contributed by atoms with Gasteiger partial charge in [0.1, 0.15) is 16.7 Å². The average molecular weight is 533 g/mol. The summed E-state index contributed by atoms with van der Waals surface area (Å²) in [6, 6.07) is 13.0. The molecule has 2 aromatic heterocycles. The van der Waals surface area contributed by atoms with Crippen LogP contribution in [-0.2, 0) is 4.79 Å². The molecule has 0 bridgehead atoms. The lowest BCUT2D eigenvalue weighted by atomic mass is 9.99. The largest absolute Gasteiger partial charge is 0.395 e. The first-order valence-electron chi connectivity index (χ1n) is 12.1. The number of anilines is 2. The highest BCUT2D eigenvalue weighted by atomic mass is 32.1. The Morgan fingerprint density at radius 2 is 1.82 bits per heavy atom.